The quantitative estimate of drug-likeness (QED) is 0.296. The summed E-state index contributed by atoms with van der Waals surface area (Å²) in [6, 6.07) is 0. The van der Waals surface area contributed by atoms with Crippen LogP contribution in [0.4, 0.5) is 0 Å². The Labute approximate surface area is 40.4 Å². The Bertz CT molecular complexity index is 19.7. The maximum Gasteiger partial charge on any atom is 2.00 e. The van der Waals surface area contributed by atoms with Crippen LogP contribution in [0.2, 0.25) is 0 Å². The van der Waals surface area contributed by atoms with E-state index in [2.05, 4.69) is 0 Å². The molecule has 8 radical (unpaired) electrons. The molecule has 0 N–H and O–H groups in total. The van der Waals surface area contributed by atoms with E-state index < -0.39 is 9.05 Å². The lowest BCUT2D eigenvalue weighted by atomic mass is 15.7. The highest BCUT2D eigenvalue weighted by Crippen LogP contribution is 1.26. The second-order valence-electron chi connectivity index (χ2n) is 0.500. The largest absolute Gasteiger partial charge is 2.00 e. The molecule has 7 heteroatoms. The third-order valence-electron chi connectivity index (χ3n) is 0. The lowest BCUT2D eigenvalue weighted by Gasteiger charge is -2.67. The molecule has 0 fully saturated rings. The molecule has 0 rings (SSSR count). The number of hydrogen-bond acceptors (Lipinski definition) is 4. The van der Waals surface area contributed by atoms with Gasteiger partial charge < -0.3 is 28.2 Å². The van der Waals surface area contributed by atoms with Crippen LogP contribution in [0, 0.1) is 0 Å². The van der Waals surface area contributed by atoms with Crippen LogP contribution in [0.3, 0.4) is 0 Å². The van der Waals surface area contributed by atoms with Gasteiger partial charge in [-0.2, -0.15) is 0 Å². The first-order valence-corrected chi connectivity index (χ1v) is 2.45. The van der Waals surface area contributed by atoms with E-state index in [-0.39, 0.29) is 11.0 Å². The smallest absolute Gasteiger partial charge is 0.894 e. The van der Waals surface area contributed by atoms with Crippen LogP contribution in [0.1, 0.15) is 0 Å². The van der Waals surface area contributed by atoms with Crippen molar-refractivity contribution in [2.45, 2.75) is 0 Å². The van der Waals surface area contributed by atoms with Crippen LogP contribution in [0.25, 0.3) is 0 Å². The average Bonchev–Trinajstić information content (AvgIpc) is 0.722. The molecule has 0 saturated carbocycles. The van der Waals surface area contributed by atoms with Gasteiger partial charge in [0.25, 0.3) is 0 Å². The zero-order valence-electron chi connectivity index (χ0n) is 2.95. The summed E-state index contributed by atoms with van der Waals surface area (Å²) in [6.07, 6.45) is 0. The highest BCUT2D eigenvalue weighted by atomic mass is 28.4. The predicted octanol–water partition coefficient (Wildman–Crippen LogP) is -5.37. The lowest BCUT2D eigenvalue weighted by molar-refractivity contribution is -0.624. The van der Waals surface area contributed by atoms with Gasteiger partial charge >= 0.3 is 11.0 Å². The van der Waals surface area contributed by atoms with Crippen molar-refractivity contribution < 1.29 is 30.1 Å². The standard InChI is InChI=1S/O4Si.2O/c1-5(2,3)4;;/q-4;2*+2. The minimum atomic E-state index is -5.61. The summed E-state index contributed by atoms with van der Waals surface area (Å²) in [5.74, 6) is 0. The van der Waals surface area contributed by atoms with Gasteiger partial charge in [-0.1, -0.05) is 0 Å². The highest BCUT2D eigenvalue weighted by Gasteiger charge is 2.00. The van der Waals surface area contributed by atoms with E-state index >= 15 is 0 Å². The Morgan fingerprint density at radius 3 is 0.714 bits per heavy atom. The molecule has 7 heavy (non-hydrogen) atoms. The summed E-state index contributed by atoms with van der Waals surface area (Å²) in [5, 5.41) is 0. The first-order valence-electron chi connectivity index (χ1n) is 0.816. The molecule has 40 valence electrons. The van der Waals surface area contributed by atoms with Gasteiger partial charge in [0.1, 0.15) is 0 Å². The molecule has 0 amide bonds. The Morgan fingerprint density at radius 1 is 0.714 bits per heavy atom. The summed E-state index contributed by atoms with van der Waals surface area (Å²) in [6.45, 7) is 0. The topological polar surface area (TPSA) is 149 Å². The third-order valence-corrected chi connectivity index (χ3v) is 0. The fraction of sp³-hybridized carbons (Fsp3) is 0. The highest BCUT2D eigenvalue weighted by molar-refractivity contribution is 6.38. The van der Waals surface area contributed by atoms with E-state index in [4.69, 9.17) is 19.2 Å². The molecule has 0 aliphatic rings. The molecule has 0 aromatic heterocycles. The van der Waals surface area contributed by atoms with Crippen LogP contribution in [0.5, 0.6) is 0 Å². The molecule has 0 heterocycles. The Kier molecular flexibility index (Phi) is 9.33. The first-order chi connectivity index (χ1) is 2.00. The molecular formula is O6Si. The van der Waals surface area contributed by atoms with Crippen molar-refractivity contribution in [2.75, 3.05) is 0 Å². The lowest BCUT2D eigenvalue weighted by Crippen LogP contribution is -2.82. The van der Waals surface area contributed by atoms with E-state index in [1.807, 2.05) is 0 Å². The minimum Gasteiger partial charge on any atom is -0.894 e. The maximum atomic E-state index is 8.58. The summed E-state index contributed by atoms with van der Waals surface area (Å²) in [5.41, 5.74) is 0. The van der Waals surface area contributed by atoms with Crippen molar-refractivity contribution in [3.63, 3.8) is 0 Å². The maximum absolute atomic E-state index is 8.58. The van der Waals surface area contributed by atoms with Crippen LogP contribution in [-0.2, 0) is 11.0 Å². The van der Waals surface area contributed by atoms with E-state index in [1.165, 1.54) is 0 Å². The minimum absolute atomic E-state index is 0. The van der Waals surface area contributed by atoms with Crippen LogP contribution in [-0.4, -0.2) is 9.05 Å². The van der Waals surface area contributed by atoms with Crippen molar-refractivity contribution in [1.29, 1.82) is 0 Å². The third kappa shape index (κ3) is 177000. The number of hydrogen-bond donors (Lipinski definition) is 0. The molecule has 0 bridgehead atoms. The number of rotatable bonds is 0. The van der Waals surface area contributed by atoms with Gasteiger partial charge in [-0.3, -0.25) is 0 Å². The van der Waals surface area contributed by atoms with Gasteiger partial charge in [0.2, 0.25) is 0 Å². The van der Waals surface area contributed by atoms with Crippen molar-refractivity contribution in [3.05, 3.63) is 0 Å². The molecule has 0 aromatic rings. The average molecular weight is 124 g/mol. The molecule has 0 aliphatic heterocycles. The normalized spacial score (nSPS) is 8.57. The van der Waals surface area contributed by atoms with Gasteiger partial charge in [-0.15, -0.1) is 0 Å². The monoisotopic (exact) mass is 124 g/mol. The second-order valence-corrected chi connectivity index (χ2v) is 1.50. The van der Waals surface area contributed by atoms with Gasteiger partial charge in [-0.25, -0.2) is 0 Å². The van der Waals surface area contributed by atoms with Gasteiger partial charge in [-0.05, 0) is 0 Å². The molecule has 0 spiro atoms. The van der Waals surface area contributed by atoms with Crippen molar-refractivity contribution in [2.24, 2.45) is 0 Å². The molecule has 0 saturated heterocycles. The van der Waals surface area contributed by atoms with Crippen molar-refractivity contribution in [3.8, 4) is 0 Å². The fourth-order valence-electron chi connectivity index (χ4n) is 0. The van der Waals surface area contributed by atoms with Crippen LogP contribution in [0.15, 0.2) is 0 Å². The van der Waals surface area contributed by atoms with E-state index in [9.17, 15) is 0 Å². The first kappa shape index (κ1) is 15.8. The van der Waals surface area contributed by atoms with Crippen molar-refractivity contribution in [1.82, 2.24) is 0 Å². The van der Waals surface area contributed by atoms with E-state index in [0.717, 1.165) is 0 Å². The molecule has 0 aliphatic carbocycles. The summed E-state index contributed by atoms with van der Waals surface area (Å²) < 4.78 is 0. The van der Waals surface area contributed by atoms with Gasteiger partial charge in [0.15, 0.2) is 0 Å². The summed E-state index contributed by atoms with van der Waals surface area (Å²) in [4.78, 5) is 34.3. The Hall–Kier alpha value is -0.0231. The van der Waals surface area contributed by atoms with Crippen molar-refractivity contribution >= 4 is 9.05 Å². The van der Waals surface area contributed by atoms with Gasteiger partial charge in [0.05, 0.1) is 0 Å². The summed E-state index contributed by atoms with van der Waals surface area (Å²) in [7, 11) is -5.61. The van der Waals surface area contributed by atoms with Crippen LogP contribution >= 0.6 is 0 Å². The van der Waals surface area contributed by atoms with Gasteiger partial charge in [0, 0.05) is 0 Å². The molecule has 6 nitrogen and oxygen atoms in total. The predicted molar refractivity (Wildman–Crippen MR) is 7.13 cm³/mol. The molecule has 0 unspecified atom stereocenters. The van der Waals surface area contributed by atoms with E-state index in [1.54, 1.807) is 0 Å². The zero-order chi connectivity index (χ0) is 4.50. The van der Waals surface area contributed by atoms with E-state index in [0.29, 0.717) is 0 Å². The van der Waals surface area contributed by atoms with Crippen LogP contribution < -0.4 is 19.2 Å². The molecular weight excluding hydrogens is 124 g/mol. The summed E-state index contributed by atoms with van der Waals surface area (Å²) >= 11 is 0. The SMILES string of the molecule is [O+2].[O+2].[O-][Si]([O-])([O-])[O-]. The molecule has 0 aromatic carbocycles. The Morgan fingerprint density at radius 2 is 0.714 bits per heavy atom. The Balaban J connectivity index is -0.0000000800. The zero-order valence-corrected chi connectivity index (χ0v) is 3.95. The second kappa shape index (κ2) is 4.14. The fourth-order valence-corrected chi connectivity index (χ4v) is 0. The molecule has 0 atom stereocenters.